The maximum absolute atomic E-state index is 10.3. The van der Waals surface area contributed by atoms with Gasteiger partial charge in [-0.3, -0.25) is 0 Å². The maximum atomic E-state index is 10.3. The van der Waals surface area contributed by atoms with Gasteiger partial charge >= 0.3 is 0 Å². The molecular weight excluding hydrogens is 330 g/mol. The molecule has 5 rings (SSSR count). The second-order valence-electron chi connectivity index (χ2n) is 11.5. The van der Waals surface area contributed by atoms with E-state index in [9.17, 15) is 5.11 Å². The normalized spacial score (nSPS) is 55.3. The highest BCUT2D eigenvalue weighted by molar-refractivity contribution is 5.30. The largest absolute Gasteiger partial charge is 0.393 e. The highest BCUT2D eigenvalue weighted by atomic mass is 16.3. The molecule has 0 aromatic heterocycles. The van der Waals surface area contributed by atoms with E-state index in [1.165, 1.54) is 57.9 Å². The summed E-state index contributed by atoms with van der Waals surface area (Å²) in [6.45, 7) is 9.02. The zero-order valence-electron chi connectivity index (χ0n) is 17.8. The van der Waals surface area contributed by atoms with Gasteiger partial charge in [0.05, 0.1) is 6.10 Å². The molecule has 9 atom stereocenters. The van der Waals surface area contributed by atoms with E-state index in [4.69, 9.17) is 0 Å². The van der Waals surface area contributed by atoms with Crippen molar-refractivity contribution in [2.24, 2.45) is 40.4 Å². The second-order valence-corrected chi connectivity index (χ2v) is 11.5. The number of allylic oxidation sites excluding steroid dienone is 1. The minimum atomic E-state index is -0.0298. The summed E-state index contributed by atoms with van der Waals surface area (Å²) in [7, 11) is 0. The lowest BCUT2D eigenvalue weighted by Crippen LogP contribution is -2.57. The van der Waals surface area contributed by atoms with Gasteiger partial charge < -0.3 is 10.4 Å². The van der Waals surface area contributed by atoms with Crippen LogP contribution in [0.1, 0.15) is 85.0 Å². The van der Waals surface area contributed by atoms with Crippen LogP contribution in [0.25, 0.3) is 0 Å². The first-order valence-electron chi connectivity index (χ1n) is 12.1. The van der Waals surface area contributed by atoms with Gasteiger partial charge in [0.2, 0.25) is 0 Å². The Morgan fingerprint density at radius 2 is 1.89 bits per heavy atom. The molecule has 1 heterocycles. The third-order valence-electron chi connectivity index (χ3n) is 10.3. The van der Waals surface area contributed by atoms with Crippen LogP contribution < -0.4 is 5.32 Å². The molecule has 152 valence electrons. The average Bonchev–Trinajstić information content (AvgIpc) is 3.01. The van der Waals surface area contributed by atoms with E-state index in [0.717, 1.165) is 42.4 Å². The molecule has 3 saturated carbocycles. The molecule has 4 aliphatic carbocycles. The van der Waals surface area contributed by atoms with Gasteiger partial charge in [-0.2, -0.15) is 0 Å². The van der Waals surface area contributed by atoms with Gasteiger partial charge in [-0.1, -0.05) is 38.8 Å². The van der Waals surface area contributed by atoms with Crippen LogP contribution in [0.4, 0.5) is 0 Å². The number of hydrogen-bond acceptors (Lipinski definition) is 2. The Kier molecular flexibility index (Phi) is 4.56. The van der Waals surface area contributed by atoms with Crippen molar-refractivity contribution in [1.82, 2.24) is 5.32 Å². The number of hydrogen-bond donors (Lipinski definition) is 2. The quantitative estimate of drug-likeness (QED) is 0.612. The summed E-state index contributed by atoms with van der Waals surface area (Å²) in [6, 6.07) is 0.664. The highest BCUT2D eigenvalue weighted by Crippen LogP contribution is 2.67. The number of piperidine rings is 1. The summed E-state index contributed by atoms with van der Waals surface area (Å²) < 4.78 is 0. The van der Waals surface area contributed by atoms with Crippen molar-refractivity contribution >= 4 is 0 Å². The van der Waals surface area contributed by atoms with Crippen LogP contribution in [0.5, 0.6) is 0 Å². The number of rotatable bonds is 1. The molecule has 0 aromatic rings. The molecule has 1 aliphatic heterocycles. The monoisotopic (exact) mass is 371 g/mol. The molecule has 2 nitrogen and oxygen atoms in total. The van der Waals surface area contributed by atoms with Crippen molar-refractivity contribution in [3.63, 3.8) is 0 Å². The smallest absolute Gasteiger partial charge is 0.0543 e. The Morgan fingerprint density at radius 3 is 2.67 bits per heavy atom. The number of nitrogens with one attached hydrogen (secondary N) is 1. The molecule has 2 heteroatoms. The SMILES string of the molecule is C[C@H]1CC2C[C@@H](O)CC[C@]2(C)[C@H]2CC[C@]3(C)C(C4CCCCN4)=CC[C@H]3[C@H]12. The van der Waals surface area contributed by atoms with E-state index in [1.807, 2.05) is 0 Å². The Morgan fingerprint density at radius 1 is 1.04 bits per heavy atom. The molecule has 0 bridgehead atoms. The minimum Gasteiger partial charge on any atom is -0.393 e. The predicted molar refractivity (Wildman–Crippen MR) is 111 cm³/mol. The fourth-order valence-corrected chi connectivity index (χ4v) is 8.88. The summed E-state index contributed by atoms with van der Waals surface area (Å²) >= 11 is 0. The second kappa shape index (κ2) is 6.59. The zero-order chi connectivity index (χ0) is 18.8. The summed E-state index contributed by atoms with van der Waals surface area (Å²) in [5, 5.41) is 14.2. The zero-order valence-corrected chi connectivity index (χ0v) is 17.8. The molecular formula is C25H41NO. The molecule has 27 heavy (non-hydrogen) atoms. The van der Waals surface area contributed by atoms with Crippen LogP contribution in [0.2, 0.25) is 0 Å². The van der Waals surface area contributed by atoms with Crippen LogP contribution in [0, 0.1) is 40.4 Å². The Bertz CT molecular complexity index is 607. The molecule has 5 aliphatic rings. The topological polar surface area (TPSA) is 32.3 Å². The molecule has 0 aromatic carbocycles. The summed E-state index contributed by atoms with van der Waals surface area (Å²) in [6.07, 6.45) is 15.7. The average molecular weight is 372 g/mol. The third kappa shape index (κ3) is 2.72. The van der Waals surface area contributed by atoms with Crippen LogP contribution in [-0.4, -0.2) is 23.8 Å². The van der Waals surface area contributed by atoms with E-state index >= 15 is 0 Å². The minimum absolute atomic E-state index is 0.0298. The lowest BCUT2D eigenvalue weighted by molar-refractivity contribution is -0.140. The Labute approximate surface area is 166 Å². The Hall–Kier alpha value is -0.340. The number of aliphatic hydroxyl groups is 1. The van der Waals surface area contributed by atoms with Crippen LogP contribution in [0.15, 0.2) is 11.6 Å². The van der Waals surface area contributed by atoms with Gasteiger partial charge in [-0.05, 0) is 105 Å². The van der Waals surface area contributed by atoms with Crippen molar-refractivity contribution in [1.29, 1.82) is 0 Å². The summed E-state index contributed by atoms with van der Waals surface area (Å²) in [5.74, 6) is 4.25. The van der Waals surface area contributed by atoms with Crippen LogP contribution >= 0.6 is 0 Å². The van der Waals surface area contributed by atoms with Crippen LogP contribution in [-0.2, 0) is 0 Å². The Balaban J connectivity index is 1.42. The van der Waals surface area contributed by atoms with Gasteiger partial charge in [0, 0.05) is 6.04 Å². The van der Waals surface area contributed by atoms with Gasteiger partial charge in [-0.15, -0.1) is 0 Å². The van der Waals surface area contributed by atoms with Gasteiger partial charge in [-0.25, -0.2) is 0 Å². The van der Waals surface area contributed by atoms with E-state index in [1.54, 1.807) is 5.57 Å². The molecule has 0 spiro atoms. The van der Waals surface area contributed by atoms with Crippen molar-refractivity contribution < 1.29 is 5.11 Å². The first-order chi connectivity index (χ1) is 12.9. The maximum Gasteiger partial charge on any atom is 0.0543 e. The van der Waals surface area contributed by atoms with Crippen molar-refractivity contribution in [3.05, 3.63) is 11.6 Å². The van der Waals surface area contributed by atoms with Gasteiger partial charge in [0.25, 0.3) is 0 Å². The van der Waals surface area contributed by atoms with Crippen molar-refractivity contribution in [2.75, 3.05) is 6.54 Å². The molecule has 0 radical (unpaired) electrons. The number of fused-ring (bicyclic) bond motifs is 5. The predicted octanol–water partition coefficient (Wildman–Crippen LogP) is 5.31. The summed E-state index contributed by atoms with van der Waals surface area (Å²) in [4.78, 5) is 0. The first kappa shape index (κ1) is 18.7. The molecule has 4 fully saturated rings. The lowest BCUT2D eigenvalue weighted by atomic mass is 9.42. The van der Waals surface area contributed by atoms with E-state index in [-0.39, 0.29) is 6.10 Å². The van der Waals surface area contributed by atoms with Crippen molar-refractivity contribution in [2.45, 2.75) is 97.1 Å². The molecule has 0 amide bonds. The fraction of sp³-hybridized carbons (Fsp3) is 0.920. The highest BCUT2D eigenvalue weighted by Gasteiger charge is 2.60. The van der Waals surface area contributed by atoms with E-state index in [0.29, 0.717) is 16.9 Å². The molecule has 2 N–H and O–H groups in total. The number of aliphatic hydroxyl groups excluding tert-OH is 1. The molecule has 2 unspecified atom stereocenters. The standard InChI is InChI=1S/C25H41NO/c1-16-14-17-15-18(27)9-11-24(17,2)21-10-12-25(3)19(7-8-20(25)23(16)21)22-6-4-5-13-26-22/h7,16-18,20-23,26-27H,4-6,8-15H2,1-3H3/t16-,17?,18-,20-,21-,22?,23-,24-,25+/m0/s1. The van der Waals surface area contributed by atoms with Crippen molar-refractivity contribution in [3.8, 4) is 0 Å². The summed E-state index contributed by atoms with van der Waals surface area (Å²) in [5.41, 5.74) is 2.73. The third-order valence-corrected chi connectivity index (χ3v) is 10.3. The fourth-order valence-electron chi connectivity index (χ4n) is 8.88. The lowest BCUT2D eigenvalue weighted by Gasteiger charge is -2.63. The van der Waals surface area contributed by atoms with Gasteiger partial charge in [0.15, 0.2) is 0 Å². The van der Waals surface area contributed by atoms with Crippen LogP contribution in [0.3, 0.4) is 0 Å². The molecule has 1 saturated heterocycles. The van der Waals surface area contributed by atoms with E-state index in [2.05, 4.69) is 32.2 Å². The van der Waals surface area contributed by atoms with Gasteiger partial charge in [0.1, 0.15) is 0 Å². The first-order valence-corrected chi connectivity index (χ1v) is 12.1. The van der Waals surface area contributed by atoms with E-state index < -0.39 is 0 Å².